The number of nitrogens with zero attached hydrogens (tertiary/aromatic N) is 4. The Morgan fingerprint density at radius 2 is 1.16 bits per heavy atom. The lowest BCUT2D eigenvalue weighted by atomic mass is 9.96. The number of nitrogens with two attached hydrogens (primary N) is 1. The van der Waals surface area contributed by atoms with Gasteiger partial charge >= 0.3 is 0 Å². The summed E-state index contributed by atoms with van der Waals surface area (Å²) in [5.41, 5.74) is 21.1. The second-order valence-electron chi connectivity index (χ2n) is 14.3. The van der Waals surface area contributed by atoms with Crippen molar-refractivity contribution in [1.82, 2.24) is 14.5 Å². The van der Waals surface area contributed by atoms with E-state index in [1.54, 1.807) is 0 Å². The van der Waals surface area contributed by atoms with Gasteiger partial charge < -0.3 is 10.3 Å². The number of aromatic nitrogens is 3. The maximum absolute atomic E-state index is 6.69. The SMILES string of the molecule is N/C(=C1/C=CC=CC1=NCc1cc(-c2ccc(-c3ccc(-n4c5ccccc5c5ccccc54)cc3)cc2)cc(-c2ncc3ccccc3n2)c1)c1ccccc1. The van der Waals surface area contributed by atoms with Crippen molar-refractivity contribution in [2.24, 2.45) is 10.7 Å². The van der Waals surface area contributed by atoms with Gasteiger partial charge in [-0.2, -0.15) is 0 Å². The van der Waals surface area contributed by atoms with Crippen molar-refractivity contribution < 1.29 is 0 Å². The molecule has 10 rings (SSSR count). The van der Waals surface area contributed by atoms with Gasteiger partial charge in [0, 0.05) is 44.9 Å². The van der Waals surface area contributed by atoms with Gasteiger partial charge in [0.05, 0.1) is 28.8 Å². The summed E-state index contributed by atoms with van der Waals surface area (Å²) < 4.78 is 2.35. The lowest BCUT2D eigenvalue weighted by Crippen LogP contribution is -2.09. The molecular weight excluding hydrogens is 695 g/mol. The van der Waals surface area contributed by atoms with Crippen LogP contribution in [0.15, 0.2) is 211 Å². The average molecular weight is 732 g/mol. The van der Waals surface area contributed by atoms with Crippen molar-refractivity contribution in [3.63, 3.8) is 0 Å². The van der Waals surface area contributed by atoms with Gasteiger partial charge in [-0.05, 0) is 88.0 Å². The Balaban J connectivity index is 0.991. The summed E-state index contributed by atoms with van der Waals surface area (Å²) in [6.07, 6.45) is 9.96. The van der Waals surface area contributed by atoms with E-state index in [9.17, 15) is 0 Å². The number of hydrogen-bond donors (Lipinski definition) is 1. The summed E-state index contributed by atoms with van der Waals surface area (Å²) in [5.74, 6) is 0.679. The van der Waals surface area contributed by atoms with Crippen molar-refractivity contribution in [1.29, 1.82) is 0 Å². The highest BCUT2D eigenvalue weighted by Gasteiger charge is 2.14. The Morgan fingerprint density at radius 3 is 1.89 bits per heavy atom. The maximum Gasteiger partial charge on any atom is 0.159 e. The molecule has 5 nitrogen and oxygen atoms in total. The van der Waals surface area contributed by atoms with Gasteiger partial charge in [0.1, 0.15) is 0 Å². The standard InChI is InChI=1S/C52H37N5/c53-51(39-12-2-1-3-13-39)46-17-5-9-19-48(46)54-33-35-30-41(32-42(31-35)52-55-34-40-14-4-8-18-47(40)56-52)38-24-22-36(23-25-38)37-26-28-43(29-27-37)57-49-20-10-6-15-44(49)45-16-7-11-21-50(45)57/h1-32,34H,33,53H2/b51-46-,54-48?. The molecule has 0 fully saturated rings. The Labute approximate surface area is 331 Å². The fourth-order valence-corrected chi connectivity index (χ4v) is 7.84. The lowest BCUT2D eigenvalue weighted by molar-refractivity contribution is 1.07. The Morgan fingerprint density at radius 1 is 0.561 bits per heavy atom. The number of allylic oxidation sites excluding steroid dienone is 5. The highest BCUT2D eigenvalue weighted by Crippen LogP contribution is 2.34. The van der Waals surface area contributed by atoms with E-state index >= 15 is 0 Å². The van der Waals surface area contributed by atoms with E-state index in [0.717, 1.165) is 66.8 Å². The van der Waals surface area contributed by atoms with Crippen molar-refractivity contribution in [3.8, 4) is 39.3 Å². The molecule has 0 bridgehead atoms. The van der Waals surface area contributed by atoms with Crippen molar-refractivity contribution in [2.45, 2.75) is 6.54 Å². The first-order valence-electron chi connectivity index (χ1n) is 19.2. The smallest absolute Gasteiger partial charge is 0.159 e. The van der Waals surface area contributed by atoms with Crippen LogP contribution >= 0.6 is 0 Å². The van der Waals surface area contributed by atoms with E-state index in [1.807, 2.05) is 85.1 Å². The predicted octanol–water partition coefficient (Wildman–Crippen LogP) is 12.2. The molecule has 0 saturated heterocycles. The zero-order valence-corrected chi connectivity index (χ0v) is 31.1. The summed E-state index contributed by atoms with van der Waals surface area (Å²) in [6, 6.07) is 59.6. The van der Waals surface area contributed by atoms with Gasteiger partial charge in [0.2, 0.25) is 0 Å². The van der Waals surface area contributed by atoms with Crippen LogP contribution in [0.5, 0.6) is 0 Å². The van der Waals surface area contributed by atoms with Crippen LogP contribution in [0.2, 0.25) is 0 Å². The quantitative estimate of drug-likeness (QED) is 0.177. The van der Waals surface area contributed by atoms with Gasteiger partial charge in [-0.15, -0.1) is 0 Å². The van der Waals surface area contributed by atoms with Crippen LogP contribution in [0.3, 0.4) is 0 Å². The molecule has 0 spiro atoms. The number of rotatable bonds is 7. The van der Waals surface area contributed by atoms with E-state index in [4.69, 9.17) is 20.7 Å². The number of benzene rings is 7. The molecule has 0 amide bonds. The second kappa shape index (κ2) is 14.5. The van der Waals surface area contributed by atoms with Gasteiger partial charge in [-0.25, -0.2) is 9.97 Å². The maximum atomic E-state index is 6.69. The van der Waals surface area contributed by atoms with Crippen LogP contribution in [0.4, 0.5) is 0 Å². The van der Waals surface area contributed by atoms with E-state index in [1.165, 1.54) is 21.8 Å². The molecule has 57 heavy (non-hydrogen) atoms. The van der Waals surface area contributed by atoms with Crippen LogP contribution in [-0.2, 0) is 6.54 Å². The fraction of sp³-hybridized carbons (Fsp3) is 0.0192. The van der Waals surface area contributed by atoms with Crippen LogP contribution in [0, 0.1) is 0 Å². The lowest BCUT2D eigenvalue weighted by Gasteiger charge is -2.13. The summed E-state index contributed by atoms with van der Waals surface area (Å²) in [7, 11) is 0. The third kappa shape index (κ3) is 6.51. The van der Waals surface area contributed by atoms with Gasteiger partial charge in [0.25, 0.3) is 0 Å². The summed E-state index contributed by atoms with van der Waals surface area (Å²) in [6.45, 7) is 0.462. The van der Waals surface area contributed by atoms with E-state index in [-0.39, 0.29) is 0 Å². The molecule has 2 heterocycles. The first-order chi connectivity index (χ1) is 28.2. The van der Waals surface area contributed by atoms with Crippen LogP contribution < -0.4 is 5.73 Å². The normalized spacial score (nSPS) is 14.2. The minimum Gasteiger partial charge on any atom is -0.398 e. The van der Waals surface area contributed by atoms with E-state index in [0.29, 0.717) is 18.1 Å². The Hall–Kier alpha value is -7.63. The van der Waals surface area contributed by atoms with Crippen molar-refractivity contribution in [2.75, 3.05) is 0 Å². The van der Waals surface area contributed by atoms with Crippen molar-refractivity contribution >= 4 is 44.1 Å². The fourth-order valence-electron chi connectivity index (χ4n) is 7.84. The van der Waals surface area contributed by atoms with Crippen LogP contribution in [-0.4, -0.2) is 20.2 Å². The van der Waals surface area contributed by atoms with Gasteiger partial charge in [0.15, 0.2) is 5.82 Å². The topological polar surface area (TPSA) is 69.1 Å². The Kier molecular flexibility index (Phi) is 8.65. The van der Waals surface area contributed by atoms with Crippen LogP contribution in [0.25, 0.3) is 77.7 Å². The number of para-hydroxylation sites is 3. The summed E-state index contributed by atoms with van der Waals surface area (Å²) >= 11 is 0. The molecule has 9 aromatic rings. The molecular formula is C52H37N5. The molecule has 0 atom stereocenters. The molecule has 0 unspecified atom stereocenters. The summed E-state index contributed by atoms with van der Waals surface area (Å²) in [5, 5.41) is 3.53. The van der Waals surface area contributed by atoms with Crippen molar-refractivity contribution in [3.05, 3.63) is 217 Å². The molecule has 0 radical (unpaired) electrons. The first kappa shape index (κ1) is 33.9. The summed E-state index contributed by atoms with van der Waals surface area (Å²) in [4.78, 5) is 14.9. The highest BCUT2D eigenvalue weighted by atomic mass is 15.0. The van der Waals surface area contributed by atoms with Gasteiger partial charge in [-0.1, -0.05) is 140 Å². The molecule has 270 valence electrons. The molecule has 2 aromatic heterocycles. The average Bonchev–Trinajstić information content (AvgIpc) is 3.63. The van der Waals surface area contributed by atoms with Crippen LogP contribution in [0.1, 0.15) is 11.1 Å². The molecule has 0 saturated carbocycles. The Bertz CT molecular complexity index is 3020. The minimum absolute atomic E-state index is 0.462. The monoisotopic (exact) mass is 731 g/mol. The molecule has 0 aliphatic heterocycles. The molecule has 7 aromatic carbocycles. The van der Waals surface area contributed by atoms with Gasteiger partial charge in [-0.3, -0.25) is 4.99 Å². The second-order valence-corrected chi connectivity index (χ2v) is 14.3. The highest BCUT2D eigenvalue weighted by molar-refractivity contribution is 6.16. The third-order valence-electron chi connectivity index (χ3n) is 10.7. The molecule has 1 aliphatic carbocycles. The predicted molar refractivity (Wildman–Crippen MR) is 237 cm³/mol. The van der Waals surface area contributed by atoms with E-state index < -0.39 is 0 Å². The largest absolute Gasteiger partial charge is 0.398 e. The van der Waals surface area contributed by atoms with E-state index in [2.05, 4.69) is 120 Å². The number of hydrogen-bond acceptors (Lipinski definition) is 4. The number of fused-ring (bicyclic) bond motifs is 4. The molecule has 5 heteroatoms. The zero-order valence-electron chi connectivity index (χ0n) is 31.1. The first-order valence-corrected chi connectivity index (χ1v) is 19.2. The molecule has 2 N–H and O–H groups in total. The zero-order chi connectivity index (χ0) is 38.1. The third-order valence-corrected chi connectivity index (χ3v) is 10.7. The molecule has 1 aliphatic rings. The minimum atomic E-state index is 0.462. The number of aliphatic imine (C=N–C) groups is 1.